The molecule has 6 aliphatic heterocycles. The van der Waals surface area contributed by atoms with Crippen LogP contribution in [0.4, 0.5) is 17.1 Å². The summed E-state index contributed by atoms with van der Waals surface area (Å²) in [5, 5.41) is 44.4. The van der Waals surface area contributed by atoms with Gasteiger partial charge in [0.15, 0.2) is 42.4 Å². The summed E-state index contributed by atoms with van der Waals surface area (Å²) in [5.74, 6) is -4.91. The van der Waals surface area contributed by atoms with E-state index in [-0.39, 0.29) is 50.6 Å². The number of hydrogen-bond acceptors (Lipinski definition) is 21. The number of rotatable bonds is 12. The Morgan fingerprint density at radius 1 is 0.536 bits per heavy atom. The number of aliphatic carboxylic acids is 1. The number of aliphatic hydroxyl groups excluding tert-OH is 3. The van der Waals surface area contributed by atoms with Gasteiger partial charge in [0.05, 0.1) is 19.8 Å². The number of esters is 2. The molecule has 1 aromatic heterocycles. The van der Waals surface area contributed by atoms with Gasteiger partial charge >= 0.3 is 23.7 Å². The third-order valence-electron chi connectivity index (χ3n) is 15.4. The minimum Gasteiger partial charge on any atom is -0.479 e. The van der Waals surface area contributed by atoms with Crippen molar-refractivity contribution >= 4 is 93.0 Å². The zero-order chi connectivity index (χ0) is 70.7. The molecule has 8 N–H and O–H groups in total. The number of carboxylic acid groups (broad SMARTS) is 1. The molecule has 0 radical (unpaired) electrons. The van der Waals surface area contributed by atoms with Gasteiger partial charge in [-0.3, -0.25) is 38.3 Å². The highest BCUT2D eigenvalue weighted by atomic mass is 127. The number of nitrogens with one attached hydrogen (secondary N) is 2. The van der Waals surface area contributed by atoms with E-state index in [1.807, 2.05) is 34.1 Å². The smallest absolute Gasteiger partial charge is 0.439 e. The van der Waals surface area contributed by atoms with Gasteiger partial charge in [-0.1, -0.05) is 5.16 Å². The predicted molar refractivity (Wildman–Crippen MR) is 359 cm³/mol. The lowest BCUT2D eigenvalue weighted by atomic mass is 10.1. The number of aliphatic hydroxyl groups is 3. The number of H-pyrrole nitrogens is 1. The van der Waals surface area contributed by atoms with E-state index in [4.69, 9.17) is 34.5 Å². The number of aromatic amines is 1. The van der Waals surface area contributed by atoms with Crippen LogP contribution in [0.2, 0.25) is 0 Å². The quantitative estimate of drug-likeness (QED) is 0.0530. The van der Waals surface area contributed by atoms with Crippen LogP contribution in [-0.2, 0) is 52.5 Å². The normalized spacial score (nSPS) is 19.6. The van der Waals surface area contributed by atoms with Gasteiger partial charge in [-0.15, -0.1) is 0 Å². The molecule has 0 aliphatic carbocycles. The van der Waals surface area contributed by atoms with E-state index in [0.717, 1.165) is 88.9 Å². The first-order valence-electron chi connectivity index (χ1n) is 31.7. The first-order valence-corrected chi connectivity index (χ1v) is 32.8. The van der Waals surface area contributed by atoms with E-state index in [2.05, 4.69) is 42.6 Å². The van der Waals surface area contributed by atoms with E-state index in [1.165, 1.54) is 13.4 Å². The molecule has 524 valence electrons. The molecule has 0 unspecified atom stereocenters. The van der Waals surface area contributed by atoms with Crippen LogP contribution in [0.25, 0.3) is 11.4 Å². The van der Waals surface area contributed by atoms with E-state index >= 15 is 0 Å². The lowest BCUT2D eigenvalue weighted by Gasteiger charge is -2.34. The predicted octanol–water partition coefficient (Wildman–Crippen LogP) is 3.80. The van der Waals surface area contributed by atoms with Gasteiger partial charge in [0.2, 0.25) is 0 Å². The first-order chi connectivity index (χ1) is 46.0. The zero-order valence-electron chi connectivity index (χ0n) is 54.9. The van der Waals surface area contributed by atoms with Crippen LogP contribution in [0.3, 0.4) is 0 Å². The standard InChI is InChI=1S/C21H28N2O6.C17H20N2O6.C11H12INO.C10H17NO5.C8H7N3O2/c1-21(2,3)29-20(27)16(24)17-19(26)23(12-13-28-17)15-8-6-14(7-9-15)18(25)22-10-4-5-11-22;20-13(17(23)24)14-16(22)19(9-10-25-14)12-5-3-11(4-6-12)15(21)18-7-1-2-8-18;12-10-5-3-9(4-6-10)11(14)13-7-1-2-8-13;1-10(2,3)16-9(14)6(12)7-8(13)11-4-5-15-7;9-6-3-1-5(2-4-6)7-10-8(12)13-11-7/h6-9,16-17,24H,4-5,10-13H2,1-3H3;3-6,13-14,20H,1-2,7-10H2,(H,23,24);3-6H,1-2,7-8H2;6-7,12H,4-5H2,1-3H3,(H,11,13);1-4H,9H2,(H,10,11,12)/t16-,17-;13-,14-;;6-,7-;/m11.1./s1. The second kappa shape index (κ2) is 35.0. The zero-order valence-corrected chi connectivity index (χ0v) is 57.0. The van der Waals surface area contributed by atoms with Gasteiger partial charge in [-0.05, 0) is 200 Å². The van der Waals surface area contributed by atoms with Gasteiger partial charge in [0.1, 0.15) is 11.2 Å². The number of carbonyl (C=O) groups is 9. The average Bonchev–Trinajstić information content (AvgIpc) is 1.73. The fraction of sp³-hybridized carbons (Fsp3) is 0.478. The molecular weight excluding hydrogens is 1380 g/mol. The summed E-state index contributed by atoms with van der Waals surface area (Å²) in [4.78, 5) is 129. The molecule has 6 saturated heterocycles. The molecule has 6 fully saturated rings. The van der Waals surface area contributed by atoms with Gasteiger partial charge in [-0.25, -0.2) is 19.2 Å². The van der Waals surface area contributed by atoms with Crippen molar-refractivity contribution in [1.29, 1.82) is 0 Å². The van der Waals surface area contributed by atoms with Crippen molar-refractivity contribution in [3.05, 3.63) is 128 Å². The minimum absolute atomic E-state index is 0.0134. The Morgan fingerprint density at radius 3 is 1.27 bits per heavy atom. The maximum absolute atomic E-state index is 12.8. The number of halogens is 1. The first kappa shape index (κ1) is 75.7. The third-order valence-corrected chi connectivity index (χ3v) is 16.1. The number of nitrogens with zero attached hydrogens (tertiary/aromatic N) is 6. The largest absolute Gasteiger partial charge is 0.479 e. The number of likely N-dealkylation sites (tertiary alicyclic amines) is 3. The Bertz CT molecular complexity index is 3560. The van der Waals surface area contributed by atoms with Crippen LogP contribution >= 0.6 is 22.6 Å². The van der Waals surface area contributed by atoms with Crippen molar-refractivity contribution in [2.45, 2.75) is 128 Å². The second-order valence-electron chi connectivity index (χ2n) is 25.0. The number of hydrogen-bond donors (Lipinski definition) is 7. The number of anilines is 3. The molecule has 6 amide bonds. The van der Waals surface area contributed by atoms with Crippen LogP contribution in [0.5, 0.6) is 0 Å². The number of morpholine rings is 3. The van der Waals surface area contributed by atoms with Crippen molar-refractivity contribution in [1.82, 2.24) is 30.2 Å². The number of benzene rings is 4. The van der Waals surface area contributed by atoms with Crippen LogP contribution in [0, 0.1) is 3.57 Å². The molecule has 6 atom stereocenters. The maximum Gasteiger partial charge on any atom is 0.439 e. The number of carbonyl (C=O) groups excluding carboxylic acids is 8. The molecule has 11 rings (SSSR count). The summed E-state index contributed by atoms with van der Waals surface area (Å²) in [6.07, 6.45) is -2.77. The summed E-state index contributed by atoms with van der Waals surface area (Å²) in [5.41, 5.74) is 8.48. The molecule has 0 bridgehead atoms. The van der Waals surface area contributed by atoms with Crippen molar-refractivity contribution in [3.63, 3.8) is 0 Å². The minimum atomic E-state index is -1.91. The lowest BCUT2D eigenvalue weighted by Crippen LogP contribution is -2.55. The summed E-state index contributed by atoms with van der Waals surface area (Å²) < 4.78 is 31.1. The van der Waals surface area contributed by atoms with Gasteiger partial charge in [0, 0.05) is 102 Å². The molecule has 30 heteroatoms. The SMILES string of the molecule is CC(C)(C)OC(=O)[C@H](O)[C@H]1OCCN(c2ccc(C(=O)N3CCCC3)cc2)C1=O.CC(C)(C)OC(=O)[C@H](O)[C@H]1OCCNC1=O.Nc1ccc(-c2noc(=O)[nH]2)cc1.O=C(O)[C@H](O)[C@H]1OCCN(c2ccc(C(=O)N3CCCC3)cc2)C1=O.O=C(c1ccc(I)cc1)N1CCCC1. The van der Waals surface area contributed by atoms with Crippen molar-refractivity contribution in [2.24, 2.45) is 0 Å². The van der Waals surface area contributed by atoms with E-state index in [0.29, 0.717) is 40.6 Å². The van der Waals surface area contributed by atoms with Crippen molar-refractivity contribution < 1.29 is 91.8 Å². The van der Waals surface area contributed by atoms with Crippen LogP contribution in [0.1, 0.15) is 111 Å². The van der Waals surface area contributed by atoms with Crippen molar-refractivity contribution in [3.8, 4) is 11.4 Å². The second-order valence-corrected chi connectivity index (χ2v) is 26.3. The highest BCUT2D eigenvalue weighted by Crippen LogP contribution is 2.26. The average molecular weight is 1460 g/mol. The monoisotopic (exact) mass is 1460 g/mol. The van der Waals surface area contributed by atoms with Crippen LogP contribution in [0.15, 0.2) is 106 Å². The Balaban J connectivity index is 0.000000177. The fourth-order valence-corrected chi connectivity index (χ4v) is 10.9. The number of aromatic nitrogens is 2. The maximum atomic E-state index is 12.8. The molecule has 0 saturated carbocycles. The van der Waals surface area contributed by atoms with Gasteiger partial charge in [0.25, 0.3) is 35.4 Å². The van der Waals surface area contributed by atoms with Crippen LogP contribution < -0.4 is 26.6 Å². The summed E-state index contributed by atoms with van der Waals surface area (Å²) in [7, 11) is 0. The van der Waals surface area contributed by atoms with E-state index in [9.17, 15) is 63.3 Å². The Labute approximate surface area is 573 Å². The summed E-state index contributed by atoms with van der Waals surface area (Å²) in [6.45, 7) is 16.5. The molecule has 6 aliphatic rings. The summed E-state index contributed by atoms with van der Waals surface area (Å²) in [6, 6.07) is 28.1. The molecule has 97 heavy (non-hydrogen) atoms. The number of ether oxygens (including phenoxy) is 5. The molecular formula is C67H84IN9O20. The number of amides is 6. The van der Waals surface area contributed by atoms with Crippen LogP contribution in [-0.4, -0.2) is 225 Å². The Hall–Kier alpha value is -8.66. The van der Waals surface area contributed by atoms with Gasteiger partial charge < -0.3 is 79.7 Å². The van der Waals surface area contributed by atoms with Crippen molar-refractivity contribution in [2.75, 3.05) is 94.3 Å². The fourth-order valence-electron chi connectivity index (χ4n) is 10.5. The Kier molecular flexibility index (Phi) is 27.3. The number of nitrogen functional groups attached to an aromatic ring is 1. The topological polar surface area (TPSA) is 394 Å². The molecule has 29 nitrogen and oxygen atoms in total. The van der Waals surface area contributed by atoms with Gasteiger partial charge in [-0.2, -0.15) is 0 Å². The highest BCUT2D eigenvalue weighted by molar-refractivity contribution is 14.1. The summed E-state index contributed by atoms with van der Waals surface area (Å²) >= 11 is 2.24. The molecule has 0 spiro atoms. The highest BCUT2D eigenvalue weighted by Gasteiger charge is 2.43. The molecule has 4 aromatic carbocycles. The molecule has 7 heterocycles. The third kappa shape index (κ3) is 21.9. The molecule has 5 aromatic rings. The number of nitrogens with two attached hydrogens (primary N) is 1. The van der Waals surface area contributed by atoms with E-state index < -0.39 is 89.2 Å². The Morgan fingerprint density at radius 2 is 0.907 bits per heavy atom. The lowest BCUT2D eigenvalue weighted by molar-refractivity contribution is -0.178. The van der Waals surface area contributed by atoms with E-state index in [1.54, 1.807) is 119 Å². The number of carboxylic acids is 1.